The lowest BCUT2D eigenvalue weighted by Crippen LogP contribution is -2.16. The fourth-order valence-corrected chi connectivity index (χ4v) is 2.10. The SMILES string of the molecule is COc1cc(C)c(C(=O)C(=O)c2ccccc2)cc1C. The topological polar surface area (TPSA) is 43.4 Å². The molecule has 0 unspecified atom stereocenters. The van der Waals surface area contributed by atoms with Crippen LogP contribution in [0.4, 0.5) is 0 Å². The molecule has 0 radical (unpaired) electrons. The van der Waals surface area contributed by atoms with Crippen molar-refractivity contribution in [3.8, 4) is 5.75 Å². The molecule has 3 heteroatoms. The van der Waals surface area contributed by atoms with E-state index < -0.39 is 11.6 Å². The summed E-state index contributed by atoms with van der Waals surface area (Å²) in [5.41, 5.74) is 2.41. The minimum atomic E-state index is -0.488. The van der Waals surface area contributed by atoms with Crippen LogP contribution >= 0.6 is 0 Å². The Kier molecular flexibility index (Phi) is 3.99. The van der Waals surface area contributed by atoms with Crippen molar-refractivity contribution in [2.24, 2.45) is 0 Å². The van der Waals surface area contributed by atoms with Gasteiger partial charge in [0.05, 0.1) is 7.11 Å². The van der Waals surface area contributed by atoms with E-state index in [1.807, 2.05) is 13.0 Å². The Labute approximate surface area is 118 Å². The molecule has 0 saturated heterocycles. The second-order valence-electron chi connectivity index (χ2n) is 4.66. The third kappa shape index (κ3) is 2.62. The number of methoxy groups -OCH3 is 1. The van der Waals surface area contributed by atoms with Crippen LogP contribution in [0.2, 0.25) is 0 Å². The highest BCUT2D eigenvalue weighted by molar-refractivity contribution is 6.49. The van der Waals surface area contributed by atoms with Crippen molar-refractivity contribution in [2.75, 3.05) is 7.11 Å². The summed E-state index contributed by atoms with van der Waals surface area (Å²) in [4.78, 5) is 24.5. The van der Waals surface area contributed by atoms with Gasteiger partial charge in [-0.25, -0.2) is 0 Å². The van der Waals surface area contributed by atoms with E-state index in [0.29, 0.717) is 16.9 Å². The molecule has 0 aliphatic carbocycles. The second-order valence-corrected chi connectivity index (χ2v) is 4.66. The van der Waals surface area contributed by atoms with Gasteiger partial charge >= 0.3 is 0 Å². The highest BCUT2D eigenvalue weighted by atomic mass is 16.5. The van der Waals surface area contributed by atoms with Crippen molar-refractivity contribution in [1.29, 1.82) is 0 Å². The van der Waals surface area contributed by atoms with Crippen molar-refractivity contribution in [3.63, 3.8) is 0 Å². The molecule has 20 heavy (non-hydrogen) atoms. The number of ketones is 2. The standard InChI is InChI=1S/C17H16O3/c1-11-10-15(20-3)12(2)9-14(11)17(19)16(18)13-7-5-4-6-8-13/h4-10H,1-3H3. The Morgan fingerprint density at radius 2 is 1.55 bits per heavy atom. The van der Waals surface area contributed by atoms with Crippen LogP contribution < -0.4 is 4.74 Å². The van der Waals surface area contributed by atoms with Crippen LogP contribution in [0.25, 0.3) is 0 Å². The predicted molar refractivity (Wildman–Crippen MR) is 77.6 cm³/mol. The van der Waals surface area contributed by atoms with Gasteiger partial charge in [-0.05, 0) is 37.1 Å². The number of carbonyl (C=O) groups excluding carboxylic acids is 2. The molecule has 0 aliphatic rings. The molecule has 0 aromatic heterocycles. The van der Waals surface area contributed by atoms with E-state index in [1.54, 1.807) is 50.4 Å². The molecular formula is C17H16O3. The summed E-state index contributed by atoms with van der Waals surface area (Å²) in [6.07, 6.45) is 0. The minimum absolute atomic E-state index is 0.408. The molecule has 0 aliphatic heterocycles. The van der Waals surface area contributed by atoms with Crippen molar-refractivity contribution >= 4 is 11.6 Å². The Balaban J connectivity index is 2.39. The number of aryl methyl sites for hydroxylation is 2. The fraction of sp³-hybridized carbons (Fsp3) is 0.176. The lowest BCUT2D eigenvalue weighted by Gasteiger charge is -2.10. The van der Waals surface area contributed by atoms with E-state index in [2.05, 4.69) is 0 Å². The molecule has 0 spiro atoms. The van der Waals surface area contributed by atoms with Crippen LogP contribution in [-0.4, -0.2) is 18.7 Å². The molecule has 2 aromatic carbocycles. The molecule has 102 valence electrons. The normalized spacial score (nSPS) is 10.2. The van der Waals surface area contributed by atoms with Crippen LogP contribution in [0.1, 0.15) is 31.8 Å². The number of carbonyl (C=O) groups is 2. The molecule has 0 heterocycles. The summed E-state index contributed by atoms with van der Waals surface area (Å²) in [6, 6.07) is 12.1. The van der Waals surface area contributed by atoms with Gasteiger partial charge in [0, 0.05) is 11.1 Å². The summed E-state index contributed by atoms with van der Waals surface area (Å²) < 4.78 is 5.21. The first kappa shape index (κ1) is 14.0. The summed E-state index contributed by atoms with van der Waals surface area (Å²) in [5, 5.41) is 0. The van der Waals surface area contributed by atoms with Gasteiger partial charge in [0.15, 0.2) is 0 Å². The number of benzene rings is 2. The number of rotatable bonds is 4. The summed E-state index contributed by atoms with van der Waals surface area (Å²) >= 11 is 0. The molecule has 0 atom stereocenters. The van der Waals surface area contributed by atoms with Gasteiger partial charge < -0.3 is 4.74 Å². The van der Waals surface area contributed by atoms with Gasteiger partial charge in [0.1, 0.15) is 5.75 Å². The quantitative estimate of drug-likeness (QED) is 0.630. The highest BCUT2D eigenvalue weighted by Gasteiger charge is 2.20. The molecular weight excluding hydrogens is 252 g/mol. The van der Waals surface area contributed by atoms with Gasteiger partial charge in [-0.2, -0.15) is 0 Å². The number of hydrogen-bond acceptors (Lipinski definition) is 3. The van der Waals surface area contributed by atoms with Crippen molar-refractivity contribution in [2.45, 2.75) is 13.8 Å². The van der Waals surface area contributed by atoms with Gasteiger partial charge in [-0.15, -0.1) is 0 Å². The highest BCUT2D eigenvalue weighted by Crippen LogP contribution is 2.23. The summed E-state index contributed by atoms with van der Waals surface area (Å²) in [6.45, 7) is 3.65. The van der Waals surface area contributed by atoms with E-state index in [-0.39, 0.29) is 0 Å². The third-order valence-corrected chi connectivity index (χ3v) is 3.23. The second kappa shape index (κ2) is 5.70. The monoisotopic (exact) mass is 268 g/mol. The number of hydrogen-bond donors (Lipinski definition) is 0. The van der Waals surface area contributed by atoms with Crippen molar-refractivity contribution in [3.05, 3.63) is 64.7 Å². The zero-order chi connectivity index (χ0) is 14.7. The summed E-state index contributed by atoms with van der Waals surface area (Å²) in [7, 11) is 1.58. The minimum Gasteiger partial charge on any atom is -0.496 e. The third-order valence-electron chi connectivity index (χ3n) is 3.23. The molecule has 0 N–H and O–H groups in total. The molecule has 2 rings (SSSR count). The maximum atomic E-state index is 12.3. The number of Topliss-reactive ketones (excluding diaryl/α,β-unsaturated/α-hetero) is 2. The van der Waals surface area contributed by atoms with E-state index in [1.165, 1.54) is 0 Å². The van der Waals surface area contributed by atoms with E-state index in [9.17, 15) is 9.59 Å². The van der Waals surface area contributed by atoms with Crippen molar-refractivity contribution in [1.82, 2.24) is 0 Å². The van der Waals surface area contributed by atoms with Crippen LogP contribution in [0, 0.1) is 13.8 Å². The summed E-state index contributed by atoms with van der Waals surface area (Å²) in [5.74, 6) is -0.260. The zero-order valence-corrected chi connectivity index (χ0v) is 11.8. The van der Waals surface area contributed by atoms with Crippen LogP contribution in [-0.2, 0) is 0 Å². The molecule has 2 aromatic rings. The van der Waals surface area contributed by atoms with E-state index >= 15 is 0 Å². The Morgan fingerprint density at radius 1 is 0.900 bits per heavy atom. The lowest BCUT2D eigenvalue weighted by atomic mass is 9.96. The predicted octanol–water partition coefficient (Wildman–Crippen LogP) is 3.38. The Hall–Kier alpha value is -2.42. The first-order valence-electron chi connectivity index (χ1n) is 6.34. The van der Waals surface area contributed by atoms with Gasteiger partial charge in [0.25, 0.3) is 0 Å². The molecule has 0 fully saturated rings. The average Bonchev–Trinajstić information content (AvgIpc) is 2.48. The molecule has 3 nitrogen and oxygen atoms in total. The van der Waals surface area contributed by atoms with E-state index in [0.717, 1.165) is 11.1 Å². The van der Waals surface area contributed by atoms with Gasteiger partial charge in [0.2, 0.25) is 11.6 Å². The first-order valence-corrected chi connectivity index (χ1v) is 6.34. The molecule has 0 amide bonds. The zero-order valence-electron chi connectivity index (χ0n) is 11.8. The van der Waals surface area contributed by atoms with E-state index in [4.69, 9.17) is 4.74 Å². The maximum Gasteiger partial charge on any atom is 0.233 e. The first-order chi connectivity index (χ1) is 9.54. The van der Waals surface area contributed by atoms with Crippen LogP contribution in [0.5, 0.6) is 5.75 Å². The Bertz CT molecular complexity index is 657. The molecule has 0 bridgehead atoms. The largest absolute Gasteiger partial charge is 0.496 e. The maximum absolute atomic E-state index is 12.3. The Morgan fingerprint density at radius 3 is 2.15 bits per heavy atom. The van der Waals surface area contributed by atoms with Crippen LogP contribution in [0.3, 0.4) is 0 Å². The average molecular weight is 268 g/mol. The lowest BCUT2D eigenvalue weighted by molar-refractivity contribution is 0.0816. The van der Waals surface area contributed by atoms with Gasteiger partial charge in [-0.3, -0.25) is 9.59 Å². The number of ether oxygens (including phenoxy) is 1. The van der Waals surface area contributed by atoms with Gasteiger partial charge in [-0.1, -0.05) is 30.3 Å². The smallest absolute Gasteiger partial charge is 0.233 e. The van der Waals surface area contributed by atoms with Crippen LogP contribution in [0.15, 0.2) is 42.5 Å². The fourth-order valence-electron chi connectivity index (χ4n) is 2.10. The van der Waals surface area contributed by atoms with Crippen molar-refractivity contribution < 1.29 is 14.3 Å². The molecule has 0 saturated carbocycles.